The highest BCUT2D eigenvalue weighted by atomic mass is 32.1. The molecule has 7 nitrogen and oxygen atoms in total. The number of aromatic nitrogens is 3. The van der Waals surface area contributed by atoms with E-state index in [-0.39, 0.29) is 5.91 Å². The maximum atomic E-state index is 12.7. The van der Waals surface area contributed by atoms with Crippen LogP contribution in [-0.4, -0.2) is 57.4 Å². The molecular weight excluding hydrogens is 492 g/mol. The van der Waals surface area contributed by atoms with E-state index in [0.717, 1.165) is 41.2 Å². The minimum Gasteiger partial charge on any atom is -0.343 e. The largest absolute Gasteiger partial charge is 0.343 e. The molecule has 0 radical (unpaired) electrons. The average Bonchev–Trinajstić information content (AvgIpc) is 3.50. The van der Waals surface area contributed by atoms with E-state index in [1.165, 1.54) is 26.9 Å². The van der Waals surface area contributed by atoms with Gasteiger partial charge in [0.1, 0.15) is 17.0 Å². The first-order chi connectivity index (χ1) is 18.5. The summed E-state index contributed by atoms with van der Waals surface area (Å²) in [4.78, 5) is 28.0. The van der Waals surface area contributed by atoms with Gasteiger partial charge in [-0.25, -0.2) is 9.97 Å². The minimum atomic E-state index is 0.0619. The van der Waals surface area contributed by atoms with E-state index in [9.17, 15) is 4.79 Å². The first-order valence-electron chi connectivity index (χ1n) is 12.8. The second-order valence-corrected chi connectivity index (χ2v) is 11.0. The number of thiophene rings is 1. The summed E-state index contributed by atoms with van der Waals surface area (Å²) in [5.41, 5.74) is 4.73. The summed E-state index contributed by atoms with van der Waals surface area (Å²) >= 11 is 1.66. The Labute approximate surface area is 226 Å². The lowest BCUT2D eigenvalue weighted by atomic mass is 10.0. The van der Waals surface area contributed by atoms with E-state index in [1.807, 2.05) is 36.0 Å². The molecular formula is C30H30N6OS. The van der Waals surface area contributed by atoms with Crippen LogP contribution in [0, 0.1) is 0 Å². The van der Waals surface area contributed by atoms with Crippen LogP contribution in [0.25, 0.3) is 21.1 Å². The third kappa shape index (κ3) is 4.92. The van der Waals surface area contributed by atoms with Gasteiger partial charge in [-0.05, 0) is 55.9 Å². The van der Waals surface area contributed by atoms with Crippen molar-refractivity contribution in [3.63, 3.8) is 0 Å². The second kappa shape index (κ2) is 10.4. The molecule has 4 heterocycles. The number of nitrogens with one attached hydrogen (secondary N) is 1. The molecule has 0 fully saturated rings. The van der Waals surface area contributed by atoms with Crippen LogP contribution in [0.4, 0.5) is 11.5 Å². The van der Waals surface area contributed by atoms with Crippen molar-refractivity contribution in [3.8, 4) is 0 Å². The number of amides is 1. The van der Waals surface area contributed by atoms with Gasteiger partial charge >= 0.3 is 0 Å². The lowest BCUT2D eigenvalue weighted by Crippen LogP contribution is -2.34. The van der Waals surface area contributed by atoms with Crippen LogP contribution in [0.1, 0.15) is 16.0 Å². The smallest absolute Gasteiger partial charge is 0.246 e. The highest BCUT2D eigenvalue weighted by molar-refractivity contribution is 7.19. The van der Waals surface area contributed by atoms with E-state index in [4.69, 9.17) is 0 Å². The third-order valence-electron chi connectivity index (χ3n) is 6.91. The molecule has 0 spiro atoms. The second-order valence-electron chi connectivity index (χ2n) is 9.91. The normalized spacial score (nSPS) is 13.6. The number of hydrogen-bond donors (Lipinski definition) is 1. The molecule has 1 aliphatic heterocycles. The summed E-state index contributed by atoms with van der Waals surface area (Å²) in [6, 6.07) is 19.1. The molecule has 1 amide bonds. The molecule has 1 N–H and O–H groups in total. The molecule has 0 saturated carbocycles. The summed E-state index contributed by atoms with van der Waals surface area (Å²) in [6.45, 7) is 2.90. The monoisotopic (exact) mass is 522 g/mol. The van der Waals surface area contributed by atoms with Gasteiger partial charge in [-0.1, -0.05) is 36.4 Å². The Bertz CT molecular complexity index is 1640. The Morgan fingerprint density at radius 2 is 2.00 bits per heavy atom. The lowest BCUT2D eigenvalue weighted by molar-refractivity contribution is -0.126. The number of likely N-dealkylation sites (N-methyl/N-ethyl adjacent to an activating group) is 1. The first-order valence-corrected chi connectivity index (χ1v) is 13.6. The van der Waals surface area contributed by atoms with Gasteiger partial charge in [-0.2, -0.15) is 0 Å². The van der Waals surface area contributed by atoms with Crippen LogP contribution < -0.4 is 5.32 Å². The van der Waals surface area contributed by atoms with E-state index >= 15 is 0 Å². The molecule has 6 rings (SSSR count). The molecule has 0 unspecified atom stereocenters. The van der Waals surface area contributed by atoms with Gasteiger partial charge in [0, 0.05) is 53.4 Å². The average molecular weight is 523 g/mol. The first kappa shape index (κ1) is 24.3. The number of fused-ring (bicyclic) bond motifs is 4. The van der Waals surface area contributed by atoms with E-state index in [0.29, 0.717) is 13.1 Å². The number of hydrogen-bond acceptors (Lipinski definition) is 6. The molecule has 5 aromatic rings. The zero-order chi connectivity index (χ0) is 26.1. The van der Waals surface area contributed by atoms with Crippen LogP contribution in [-0.2, 0) is 24.3 Å². The fourth-order valence-electron chi connectivity index (χ4n) is 5.01. The van der Waals surface area contributed by atoms with E-state index in [2.05, 4.69) is 74.6 Å². The number of rotatable bonds is 7. The zero-order valence-electron chi connectivity index (χ0n) is 21.6. The van der Waals surface area contributed by atoms with Crippen molar-refractivity contribution in [3.05, 3.63) is 95.3 Å². The number of carbonyl (C=O) groups excluding carboxylic acids is 1. The summed E-state index contributed by atoms with van der Waals surface area (Å²) in [7, 11) is 3.98. The van der Waals surface area contributed by atoms with Gasteiger partial charge in [0.2, 0.25) is 5.91 Å². The molecule has 0 saturated heterocycles. The molecule has 2 aromatic carbocycles. The molecule has 0 aliphatic carbocycles. The fourth-order valence-corrected chi connectivity index (χ4v) is 6.22. The Morgan fingerprint density at radius 3 is 2.84 bits per heavy atom. The predicted molar refractivity (Wildman–Crippen MR) is 155 cm³/mol. The minimum absolute atomic E-state index is 0.0619. The van der Waals surface area contributed by atoms with Crippen LogP contribution in [0.3, 0.4) is 0 Å². The van der Waals surface area contributed by atoms with Gasteiger partial charge in [0.25, 0.3) is 0 Å². The van der Waals surface area contributed by atoms with Gasteiger partial charge in [0.15, 0.2) is 0 Å². The van der Waals surface area contributed by atoms with Gasteiger partial charge in [-0.3, -0.25) is 4.79 Å². The Morgan fingerprint density at radius 1 is 1.13 bits per heavy atom. The van der Waals surface area contributed by atoms with Crippen molar-refractivity contribution >= 4 is 49.9 Å². The maximum Gasteiger partial charge on any atom is 0.246 e. The standard InChI is InChI=1S/C30H30N6OS/c1-34(2)14-6-9-27(37)36-16-13-24-26(19-36)38-30-28(24)29(31-20-32-30)33-23-10-11-25-22(17-23)12-15-35(25)18-21-7-4-3-5-8-21/h3-12,15,17,20H,13-14,16,18-19H2,1-2H3,(H,31,32,33). The third-order valence-corrected chi connectivity index (χ3v) is 8.03. The topological polar surface area (TPSA) is 66.3 Å². The van der Waals surface area contributed by atoms with Crippen LogP contribution in [0.5, 0.6) is 0 Å². The highest BCUT2D eigenvalue weighted by Gasteiger charge is 2.25. The maximum absolute atomic E-state index is 12.7. The lowest BCUT2D eigenvalue weighted by Gasteiger charge is -2.26. The Balaban J connectivity index is 1.23. The van der Waals surface area contributed by atoms with Crippen LogP contribution in [0.15, 0.2) is 79.3 Å². The van der Waals surface area contributed by atoms with Crippen molar-refractivity contribution in [1.82, 2.24) is 24.3 Å². The Hall–Kier alpha value is -4.01. The number of nitrogens with zero attached hydrogens (tertiary/aromatic N) is 5. The molecule has 38 heavy (non-hydrogen) atoms. The molecule has 1 aliphatic rings. The van der Waals surface area contributed by atoms with Crippen molar-refractivity contribution in [2.45, 2.75) is 19.5 Å². The highest BCUT2D eigenvalue weighted by Crippen LogP contribution is 2.38. The summed E-state index contributed by atoms with van der Waals surface area (Å²) in [5, 5.41) is 5.81. The summed E-state index contributed by atoms with van der Waals surface area (Å²) < 4.78 is 2.27. The van der Waals surface area contributed by atoms with Crippen molar-refractivity contribution in [2.75, 3.05) is 32.5 Å². The molecule has 0 bridgehead atoms. The molecule has 3 aromatic heterocycles. The SMILES string of the molecule is CN(C)CC=CC(=O)N1CCc2c(sc3ncnc(Nc4ccc5c(ccn5Cc5ccccc5)c4)c23)C1. The van der Waals surface area contributed by atoms with Gasteiger partial charge in [-0.15, -0.1) is 11.3 Å². The van der Waals surface area contributed by atoms with Crippen molar-refractivity contribution in [1.29, 1.82) is 0 Å². The molecule has 8 heteroatoms. The summed E-state index contributed by atoms with van der Waals surface area (Å²) in [5.74, 6) is 0.883. The van der Waals surface area contributed by atoms with Crippen molar-refractivity contribution in [2.24, 2.45) is 0 Å². The Kier molecular flexibility index (Phi) is 6.66. The quantitative estimate of drug-likeness (QED) is 0.288. The number of benzene rings is 2. The van der Waals surface area contributed by atoms with E-state index in [1.54, 1.807) is 23.7 Å². The van der Waals surface area contributed by atoms with Crippen LogP contribution >= 0.6 is 11.3 Å². The van der Waals surface area contributed by atoms with Gasteiger partial charge < -0.3 is 19.7 Å². The van der Waals surface area contributed by atoms with Crippen molar-refractivity contribution < 1.29 is 4.79 Å². The molecule has 0 atom stereocenters. The zero-order valence-corrected chi connectivity index (χ0v) is 22.4. The molecule has 192 valence electrons. The summed E-state index contributed by atoms with van der Waals surface area (Å²) in [6.07, 6.45) is 8.17. The number of anilines is 2. The van der Waals surface area contributed by atoms with Crippen LogP contribution in [0.2, 0.25) is 0 Å². The number of carbonyl (C=O) groups is 1. The van der Waals surface area contributed by atoms with Gasteiger partial charge in [0.05, 0.1) is 11.9 Å². The predicted octanol–water partition coefficient (Wildman–Crippen LogP) is 5.44. The van der Waals surface area contributed by atoms with E-state index < -0.39 is 0 Å². The fraction of sp³-hybridized carbons (Fsp3) is 0.233.